The van der Waals surface area contributed by atoms with Crippen molar-refractivity contribution in [3.05, 3.63) is 35.4 Å². The molecule has 0 spiro atoms. The Kier molecular flexibility index (Phi) is 2.59. The van der Waals surface area contributed by atoms with Gasteiger partial charge in [-0.25, -0.2) is 4.39 Å². The predicted octanol–water partition coefficient (Wildman–Crippen LogP) is 2.80. The first kappa shape index (κ1) is 9.71. The second kappa shape index (κ2) is 3.73. The van der Waals surface area contributed by atoms with E-state index in [1.54, 1.807) is 36.0 Å². The number of carbonyl (C=O) groups is 1. The lowest BCUT2D eigenvalue weighted by atomic mass is 9.91. The molecule has 0 aliphatic carbocycles. The summed E-state index contributed by atoms with van der Waals surface area (Å²) in [6.45, 7) is 0. The Labute approximate surface area is 86.7 Å². The molecule has 1 aliphatic rings. The van der Waals surface area contributed by atoms with E-state index in [4.69, 9.17) is 0 Å². The van der Waals surface area contributed by atoms with Gasteiger partial charge in [-0.3, -0.25) is 4.79 Å². The van der Waals surface area contributed by atoms with Crippen LogP contribution in [0, 0.1) is 0 Å². The third-order valence-corrected chi connectivity index (χ3v) is 3.70. The van der Waals surface area contributed by atoms with E-state index in [-0.39, 0.29) is 0 Å². The zero-order valence-electron chi connectivity index (χ0n) is 7.70. The second-order valence-electron chi connectivity index (χ2n) is 3.47. The number of carbonyl (C=O) groups excluding carboxylic acids is 1. The van der Waals surface area contributed by atoms with E-state index in [2.05, 4.69) is 0 Å². The summed E-state index contributed by atoms with van der Waals surface area (Å²) in [4.78, 5) is 10.8. The molecule has 1 heterocycles. The fourth-order valence-corrected chi connectivity index (χ4v) is 3.00. The van der Waals surface area contributed by atoms with Crippen LogP contribution >= 0.6 is 11.8 Å². The summed E-state index contributed by atoms with van der Waals surface area (Å²) in [6.07, 6.45) is 1.25. The molecule has 1 saturated heterocycles. The van der Waals surface area contributed by atoms with Crippen LogP contribution < -0.4 is 0 Å². The summed E-state index contributed by atoms with van der Waals surface area (Å²) in [5.74, 6) is 1.31. The molecule has 1 aromatic carbocycles. The number of hydrogen-bond donors (Lipinski definition) is 0. The van der Waals surface area contributed by atoms with Gasteiger partial charge < -0.3 is 0 Å². The molecular formula is C11H11FOS. The molecule has 0 N–H and O–H groups in total. The van der Waals surface area contributed by atoms with Crippen LogP contribution in [0.1, 0.15) is 22.3 Å². The van der Waals surface area contributed by atoms with E-state index in [1.807, 2.05) is 0 Å². The predicted molar refractivity (Wildman–Crippen MR) is 56.6 cm³/mol. The lowest BCUT2D eigenvalue weighted by molar-refractivity contribution is 0.111. The molecule has 0 radical (unpaired) electrons. The molecule has 74 valence electrons. The molecule has 0 aromatic heterocycles. The first-order valence-corrected chi connectivity index (χ1v) is 5.73. The average molecular weight is 210 g/mol. The molecule has 14 heavy (non-hydrogen) atoms. The lowest BCUT2D eigenvalue weighted by Crippen LogP contribution is -2.20. The molecule has 3 heteroatoms. The van der Waals surface area contributed by atoms with Crippen LogP contribution in [0.5, 0.6) is 0 Å². The molecule has 1 atom stereocenters. The van der Waals surface area contributed by atoms with Crippen LogP contribution in [0.3, 0.4) is 0 Å². The van der Waals surface area contributed by atoms with Gasteiger partial charge in [0.1, 0.15) is 12.0 Å². The number of thioether (sulfide) groups is 1. The molecule has 1 fully saturated rings. The van der Waals surface area contributed by atoms with Crippen molar-refractivity contribution in [3.63, 3.8) is 0 Å². The van der Waals surface area contributed by atoms with Crippen molar-refractivity contribution in [1.82, 2.24) is 0 Å². The maximum atomic E-state index is 14.3. The molecule has 1 aliphatic heterocycles. The SMILES string of the molecule is O=Cc1ccccc1C1(F)CCSC1. The Morgan fingerprint density at radius 1 is 1.43 bits per heavy atom. The maximum Gasteiger partial charge on any atom is 0.150 e. The van der Waals surface area contributed by atoms with Gasteiger partial charge in [0, 0.05) is 16.9 Å². The quantitative estimate of drug-likeness (QED) is 0.698. The first-order valence-electron chi connectivity index (χ1n) is 4.58. The van der Waals surface area contributed by atoms with Crippen LogP contribution in [0.4, 0.5) is 4.39 Å². The summed E-state index contributed by atoms with van der Waals surface area (Å²) in [5, 5.41) is 0. The summed E-state index contributed by atoms with van der Waals surface area (Å²) in [6, 6.07) is 6.94. The van der Waals surface area contributed by atoms with Gasteiger partial charge in [0.15, 0.2) is 0 Å². The highest BCUT2D eigenvalue weighted by molar-refractivity contribution is 7.99. The normalized spacial score (nSPS) is 26.4. The van der Waals surface area contributed by atoms with Gasteiger partial charge in [-0.1, -0.05) is 24.3 Å². The highest BCUT2D eigenvalue weighted by atomic mass is 32.2. The van der Waals surface area contributed by atoms with E-state index >= 15 is 0 Å². The van der Waals surface area contributed by atoms with Crippen molar-refractivity contribution in [1.29, 1.82) is 0 Å². The Bertz CT molecular complexity index is 345. The fourth-order valence-electron chi connectivity index (χ4n) is 1.76. The van der Waals surface area contributed by atoms with Crippen LogP contribution in [-0.4, -0.2) is 17.8 Å². The number of benzene rings is 1. The minimum atomic E-state index is -1.29. The van der Waals surface area contributed by atoms with E-state index in [9.17, 15) is 9.18 Å². The lowest BCUT2D eigenvalue weighted by Gasteiger charge is -2.20. The first-order chi connectivity index (χ1) is 6.76. The topological polar surface area (TPSA) is 17.1 Å². The minimum Gasteiger partial charge on any atom is -0.298 e. The number of alkyl halides is 1. The van der Waals surface area contributed by atoms with Crippen molar-refractivity contribution >= 4 is 18.0 Å². The smallest absolute Gasteiger partial charge is 0.150 e. The summed E-state index contributed by atoms with van der Waals surface area (Å²) < 4.78 is 14.3. The van der Waals surface area contributed by atoms with E-state index in [0.717, 1.165) is 12.0 Å². The van der Waals surface area contributed by atoms with Gasteiger partial charge in [0.2, 0.25) is 0 Å². The van der Waals surface area contributed by atoms with Crippen LogP contribution in [0.25, 0.3) is 0 Å². The molecule has 0 saturated carbocycles. The highest BCUT2D eigenvalue weighted by Crippen LogP contribution is 2.41. The molecular weight excluding hydrogens is 199 g/mol. The molecule has 0 bridgehead atoms. The van der Waals surface area contributed by atoms with E-state index in [0.29, 0.717) is 23.3 Å². The van der Waals surface area contributed by atoms with E-state index < -0.39 is 5.67 Å². The number of rotatable bonds is 2. The van der Waals surface area contributed by atoms with Crippen molar-refractivity contribution in [3.8, 4) is 0 Å². The van der Waals surface area contributed by atoms with E-state index in [1.165, 1.54) is 0 Å². The zero-order chi connectivity index (χ0) is 10.0. The number of aldehydes is 1. The third-order valence-electron chi connectivity index (χ3n) is 2.54. The second-order valence-corrected chi connectivity index (χ2v) is 4.58. The molecule has 1 unspecified atom stereocenters. The third kappa shape index (κ3) is 1.57. The van der Waals surface area contributed by atoms with Crippen molar-refractivity contribution in [2.45, 2.75) is 12.1 Å². The van der Waals surface area contributed by atoms with Gasteiger partial charge in [0.05, 0.1) is 0 Å². The van der Waals surface area contributed by atoms with Gasteiger partial charge >= 0.3 is 0 Å². The standard InChI is InChI=1S/C11H11FOS/c12-11(5-6-14-8-11)10-4-2-1-3-9(10)7-13/h1-4,7H,5-6,8H2. The zero-order valence-corrected chi connectivity index (χ0v) is 8.52. The maximum absolute atomic E-state index is 14.3. The van der Waals surface area contributed by atoms with Crippen LogP contribution in [0.2, 0.25) is 0 Å². The van der Waals surface area contributed by atoms with Crippen molar-refractivity contribution < 1.29 is 9.18 Å². The Morgan fingerprint density at radius 2 is 2.21 bits per heavy atom. The highest BCUT2D eigenvalue weighted by Gasteiger charge is 2.37. The Morgan fingerprint density at radius 3 is 2.86 bits per heavy atom. The average Bonchev–Trinajstić information content (AvgIpc) is 2.66. The minimum absolute atomic E-state index is 0.470. The molecule has 1 nitrogen and oxygen atoms in total. The monoisotopic (exact) mass is 210 g/mol. The van der Waals surface area contributed by atoms with Crippen molar-refractivity contribution in [2.75, 3.05) is 11.5 Å². The molecule has 0 amide bonds. The fraction of sp³-hybridized carbons (Fsp3) is 0.364. The molecule has 1 aromatic rings. The summed E-state index contributed by atoms with van der Waals surface area (Å²) in [5.41, 5.74) is -0.250. The van der Waals surface area contributed by atoms with Gasteiger partial charge in [0.25, 0.3) is 0 Å². The molecule has 2 rings (SSSR count). The Hall–Kier alpha value is -0.830. The van der Waals surface area contributed by atoms with Gasteiger partial charge in [-0.15, -0.1) is 0 Å². The summed E-state index contributed by atoms with van der Waals surface area (Å²) >= 11 is 1.60. The number of halogens is 1. The largest absolute Gasteiger partial charge is 0.298 e. The summed E-state index contributed by atoms with van der Waals surface area (Å²) in [7, 11) is 0. The van der Waals surface area contributed by atoms with Gasteiger partial charge in [-0.2, -0.15) is 11.8 Å². The van der Waals surface area contributed by atoms with Crippen LogP contribution in [0.15, 0.2) is 24.3 Å². The number of hydrogen-bond acceptors (Lipinski definition) is 2. The van der Waals surface area contributed by atoms with Crippen molar-refractivity contribution in [2.24, 2.45) is 0 Å². The van der Waals surface area contributed by atoms with Gasteiger partial charge in [-0.05, 0) is 12.2 Å². The van der Waals surface area contributed by atoms with Crippen LogP contribution in [-0.2, 0) is 5.67 Å². The Balaban J connectivity index is 2.43.